The maximum Gasteiger partial charge on any atom is 0.263 e. The number of anilines is 1. The molecule has 0 bridgehead atoms. The number of amides is 3. The van der Waals surface area contributed by atoms with E-state index in [9.17, 15) is 14.4 Å². The fourth-order valence-electron chi connectivity index (χ4n) is 4.43. The third-order valence-corrected chi connectivity index (χ3v) is 6.23. The van der Waals surface area contributed by atoms with Crippen LogP contribution < -0.4 is 10.2 Å². The van der Waals surface area contributed by atoms with E-state index in [0.29, 0.717) is 30.8 Å². The molecular weight excluding hydrogens is 380 g/mol. The van der Waals surface area contributed by atoms with Crippen LogP contribution in [0.2, 0.25) is 0 Å². The van der Waals surface area contributed by atoms with Crippen LogP contribution in [0.4, 0.5) is 5.69 Å². The summed E-state index contributed by atoms with van der Waals surface area (Å²) in [5.41, 5.74) is 2.85. The SMILES string of the molecule is O=C(NCc1cccnc1)C1CCN(c2cccc3c2C(=O)N(C2CC2)C3=O)CC1. The minimum Gasteiger partial charge on any atom is -0.371 e. The van der Waals surface area contributed by atoms with Crippen molar-refractivity contribution >= 4 is 23.4 Å². The maximum absolute atomic E-state index is 13.0. The van der Waals surface area contributed by atoms with E-state index in [4.69, 9.17) is 0 Å². The molecule has 1 N–H and O–H groups in total. The average molecular weight is 404 g/mol. The number of imide groups is 1. The first-order valence-corrected chi connectivity index (χ1v) is 10.6. The number of nitrogens with one attached hydrogen (secondary N) is 1. The van der Waals surface area contributed by atoms with Crippen LogP contribution in [0.15, 0.2) is 42.7 Å². The minimum atomic E-state index is -0.163. The number of piperidine rings is 1. The van der Waals surface area contributed by atoms with Gasteiger partial charge in [0, 0.05) is 44.0 Å². The number of pyridine rings is 1. The summed E-state index contributed by atoms with van der Waals surface area (Å²) >= 11 is 0. The largest absolute Gasteiger partial charge is 0.371 e. The second-order valence-corrected chi connectivity index (χ2v) is 8.25. The summed E-state index contributed by atoms with van der Waals surface area (Å²) in [6.07, 6.45) is 6.71. The lowest BCUT2D eigenvalue weighted by Gasteiger charge is -2.33. The monoisotopic (exact) mass is 404 g/mol. The van der Waals surface area contributed by atoms with Crippen LogP contribution in [0.3, 0.4) is 0 Å². The van der Waals surface area contributed by atoms with Gasteiger partial charge >= 0.3 is 0 Å². The molecule has 7 nitrogen and oxygen atoms in total. The standard InChI is InChI=1S/C23H24N4O3/c28-21(25-14-15-3-2-10-24-13-15)16-8-11-26(12-9-16)19-5-1-4-18-20(19)23(30)27(22(18)29)17-6-7-17/h1-5,10,13,16-17H,6-9,11-12,14H2,(H,25,28). The lowest BCUT2D eigenvalue weighted by molar-refractivity contribution is -0.125. The van der Waals surface area contributed by atoms with Crippen molar-refractivity contribution < 1.29 is 14.4 Å². The summed E-state index contributed by atoms with van der Waals surface area (Å²) in [6, 6.07) is 9.38. The number of rotatable bonds is 5. The van der Waals surface area contributed by atoms with Gasteiger partial charge in [-0.1, -0.05) is 12.1 Å². The third-order valence-electron chi connectivity index (χ3n) is 6.23. The summed E-state index contributed by atoms with van der Waals surface area (Å²) in [5, 5.41) is 3.00. The van der Waals surface area contributed by atoms with E-state index in [1.54, 1.807) is 18.5 Å². The summed E-state index contributed by atoms with van der Waals surface area (Å²) in [6.45, 7) is 1.85. The second kappa shape index (κ2) is 7.55. The molecule has 0 spiro atoms. The molecule has 7 heteroatoms. The smallest absolute Gasteiger partial charge is 0.263 e. The molecule has 0 radical (unpaired) electrons. The molecule has 2 fully saturated rings. The van der Waals surface area contributed by atoms with Gasteiger partial charge in [-0.3, -0.25) is 24.3 Å². The number of carbonyl (C=O) groups is 3. The van der Waals surface area contributed by atoms with Crippen molar-refractivity contribution in [2.45, 2.75) is 38.3 Å². The molecule has 1 aliphatic carbocycles. The zero-order valence-corrected chi connectivity index (χ0v) is 16.7. The molecule has 1 aromatic carbocycles. The van der Waals surface area contributed by atoms with E-state index in [2.05, 4.69) is 15.2 Å². The summed E-state index contributed by atoms with van der Waals surface area (Å²) < 4.78 is 0. The maximum atomic E-state index is 13.0. The number of nitrogens with zero attached hydrogens (tertiary/aromatic N) is 3. The number of hydrogen-bond donors (Lipinski definition) is 1. The van der Waals surface area contributed by atoms with Crippen molar-refractivity contribution in [1.82, 2.24) is 15.2 Å². The van der Waals surface area contributed by atoms with Crippen LogP contribution in [0.25, 0.3) is 0 Å². The van der Waals surface area contributed by atoms with Crippen LogP contribution in [0.5, 0.6) is 0 Å². The highest BCUT2D eigenvalue weighted by Crippen LogP contribution is 2.39. The van der Waals surface area contributed by atoms with Gasteiger partial charge in [-0.15, -0.1) is 0 Å². The number of benzene rings is 1. The van der Waals surface area contributed by atoms with Crippen molar-refractivity contribution in [2.24, 2.45) is 5.92 Å². The van der Waals surface area contributed by atoms with Gasteiger partial charge in [-0.2, -0.15) is 0 Å². The van der Waals surface area contributed by atoms with E-state index in [0.717, 1.165) is 36.9 Å². The van der Waals surface area contributed by atoms with E-state index in [-0.39, 0.29) is 29.7 Å². The molecule has 1 saturated heterocycles. The summed E-state index contributed by atoms with van der Waals surface area (Å²) in [4.78, 5) is 45.9. The molecule has 0 unspecified atom stereocenters. The lowest BCUT2D eigenvalue weighted by atomic mass is 9.94. The first kappa shape index (κ1) is 18.8. The molecule has 3 amide bonds. The van der Waals surface area contributed by atoms with E-state index in [1.165, 1.54) is 4.90 Å². The number of fused-ring (bicyclic) bond motifs is 1. The van der Waals surface area contributed by atoms with Crippen LogP contribution in [0, 0.1) is 5.92 Å². The molecule has 30 heavy (non-hydrogen) atoms. The Morgan fingerprint density at radius 1 is 1.03 bits per heavy atom. The van der Waals surface area contributed by atoms with Crippen LogP contribution in [-0.2, 0) is 11.3 Å². The van der Waals surface area contributed by atoms with Gasteiger partial charge in [0.15, 0.2) is 0 Å². The van der Waals surface area contributed by atoms with Crippen molar-refractivity contribution in [2.75, 3.05) is 18.0 Å². The Morgan fingerprint density at radius 2 is 1.83 bits per heavy atom. The van der Waals surface area contributed by atoms with Gasteiger partial charge in [-0.05, 0) is 49.4 Å². The van der Waals surface area contributed by atoms with Gasteiger partial charge in [-0.25, -0.2) is 0 Å². The Balaban J connectivity index is 1.24. The van der Waals surface area contributed by atoms with E-state index in [1.807, 2.05) is 24.3 Å². The minimum absolute atomic E-state index is 0.0463. The second-order valence-electron chi connectivity index (χ2n) is 8.25. The van der Waals surface area contributed by atoms with Crippen molar-refractivity contribution in [1.29, 1.82) is 0 Å². The fourth-order valence-corrected chi connectivity index (χ4v) is 4.43. The van der Waals surface area contributed by atoms with Crippen LogP contribution in [0.1, 0.15) is 52.0 Å². The van der Waals surface area contributed by atoms with Crippen LogP contribution >= 0.6 is 0 Å². The lowest BCUT2D eigenvalue weighted by Crippen LogP contribution is -2.41. The van der Waals surface area contributed by atoms with Gasteiger partial charge in [0.2, 0.25) is 5.91 Å². The zero-order valence-electron chi connectivity index (χ0n) is 16.7. The molecule has 5 rings (SSSR count). The predicted octanol–water partition coefficient (Wildman–Crippen LogP) is 2.37. The molecule has 1 aromatic heterocycles. The molecule has 2 aromatic rings. The summed E-state index contributed by atoms with van der Waals surface area (Å²) in [5.74, 6) is -0.314. The number of carbonyl (C=O) groups excluding carboxylic acids is 3. The van der Waals surface area contributed by atoms with Gasteiger partial charge in [0.05, 0.1) is 16.8 Å². The van der Waals surface area contributed by atoms with E-state index < -0.39 is 0 Å². The Morgan fingerprint density at radius 3 is 2.53 bits per heavy atom. The number of aromatic nitrogens is 1. The normalized spacial score (nSPS) is 19.2. The predicted molar refractivity (Wildman–Crippen MR) is 111 cm³/mol. The summed E-state index contributed by atoms with van der Waals surface area (Å²) in [7, 11) is 0. The highest BCUT2D eigenvalue weighted by Gasteiger charge is 2.46. The van der Waals surface area contributed by atoms with Crippen molar-refractivity contribution in [3.63, 3.8) is 0 Å². The Labute approximate surface area is 175 Å². The van der Waals surface area contributed by atoms with Crippen LogP contribution in [-0.4, -0.2) is 46.7 Å². The highest BCUT2D eigenvalue weighted by atomic mass is 16.2. The Bertz CT molecular complexity index is 995. The fraction of sp³-hybridized carbons (Fsp3) is 0.391. The highest BCUT2D eigenvalue weighted by molar-refractivity contribution is 6.24. The van der Waals surface area contributed by atoms with Crippen molar-refractivity contribution in [3.8, 4) is 0 Å². The topological polar surface area (TPSA) is 82.6 Å². The van der Waals surface area contributed by atoms with Gasteiger partial charge in [0.1, 0.15) is 0 Å². The van der Waals surface area contributed by atoms with Crippen molar-refractivity contribution in [3.05, 3.63) is 59.4 Å². The zero-order chi connectivity index (χ0) is 20.7. The molecule has 0 atom stereocenters. The Kier molecular flexibility index (Phi) is 4.73. The molecule has 1 saturated carbocycles. The molecular formula is C23H24N4O3. The molecule has 2 aliphatic heterocycles. The Hall–Kier alpha value is -3.22. The van der Waals surface area contributed by atoms with Gasteiger partial charge in [0.25, 0.3) is 11.8 Å². The molecule has 3 aliphatic rings. The average Bonchev–Trinajstić information content (AvgIpc) is 3.59. The van der Waals surface area contributed by atoms with E-state index >= 15 is 0 Å². The number of hydrogen-bond acceptors (Lipinski definition) is 5. The third kappa shape index (κ3) is 3.34. The first-order chi connectivity index (χ1) is 14.6. The molecule has 3 heterocycles. The molecule has 154 valence electrons. The first-order valence-electron chi connectivity index (χ1n) is 10.6. The quantitative estimate of drug-likeness (QED) is 0.774. The van der Waals surface area contributed by atoms with Gasteiger partial charge < -0.3 is 10.2 Å².